The Morgan fingerprint density at radius 3 is 2.39 bits per heavy atom. The molecule has 0 aliphatic heterocycles. The molecule has 0 spiro atoms. The van der Waals surface area contributed by atoms with Crippen LogP contribution >= 0.6 is 28.1 Å². The highest BCUT2D eigenvalue weighted by atomic mass is 79.9. The number of thiocarbonyl (C=S) groups is 1. The lowest BCUT2D eigenvalue weighted by atomic mass is 10.1. The van der Waals surface area contributed by atoms with Crippen LogP contribution < -0.4 is 15.5 Å². The van der Waals surface area contributed by atoms with Crippen LogP contribution in [0.3, 0.4) is 0 Å². The van der Waals surface area contributed by atoms with Gasteiger partial charge >= 0.3 is 0 Å². The van der Waals surface area contributed by atoms with Crippen molar-refractivity contribution in [2.45, 2.75) is 6.92 Å². The van der Waals surface area contributed by atoms with E-state index in [9.17, 15) is 9.59 Å². The number of hydrogen-bond acceptors (Lipinski definition) is 4. The molecule has 1 aromatic heterocycles. The predicted octanol–water partition coefficient (Wildman–Crippen LogP) is 5.99. The Morgan fingerprint density at radius 2 is 1.70 bits per heavy atom. The first-order valence-corrected chi connectivity index (χ1v) is 11.4. The molecule has 2 amide bonds. The van der Waals surface area contributed by atoms with Gasteiger partial charge in [-0.1, -0.05) is 36.4 Å². The summed E-state index contributed by atoms with van der Waals surface area (Å²) in [6.45, 7) is 2.49. The van der Waals surface area contributed by atoms with Gasteiger partial charge < -0.3 is 14.6 Å². The molecular weight excluding hydrogens is 502 g/mol. The van der Waals surface area contributed by atoms with Crippen molar-refractivity contribution in [3.63, 3.8) is 0 Å². The molecule has 8 heteroatoms. The summed E-state index contributed by atoms with van der Waals surface area (Å²) in [5.41, 5.74) is 2.06. The molecule has 0 saturated carbocycles. The van der Waals surface area contributed by atoms with E-state index in [1.807, 2.05) is 49.4 Å². The maximum absolute atomic E-state index is 13.3. The zero-order chi connectivity index (χ0) is 23.4. The molecule has 0 aliphatic carbocycles. The average Bonchev–Trinajstić information content (AvgIpc) is 3.26. The van der Waals surface area contributed by atoms with Gasteiger partial charge in [0.2, 0.25) is 0 Å². The third kappa shape index (κ3) is 5.13. The summed E-state index contributed by atoms with van der Waals surface area (Å²) in [4.78, 5) is 27.2. The molecule has 0 saturated heterocycles. The summed E-state index contributed by atoms with van der Waals surface area (Å²) in [5.74, 6) is -0.418. The number of hydrogen-bond donors (Lipinski definition) is 2. The lowest BCUT2D eigenvalue weighted by molar-refractivity contribution is 0.0948. The van der Waals surface area contributed by atoms with E-state index < -0.39 is 5.91 Å². The lowest BCUT2D eigenvalue weighted by Crippen LogP contribution is -2.34. The molecule has 0 unspecified atom stereocenters. The summed E-state index contributed by atoms with van der Waals surface area (Å²) in [6.07, 6.45) is 0. The van der Waals surface area contributed by atoms with Crippen molar-refractivity contribution in [2.75, 3.05) is 16.8 Å². The van der Waals surface area contributed by atoms with Crippen molar-refractivity contribution in [3.8, 4) is 0 Å². The Balaban J connectivity index is 1.46. The molecule has 1 heterocycles. The van der Waals surface area contributed by atoms with Gasteiger partial charge in [0.1, 0.15) is 0 Å². The molecule has 166 valence electrons. The number of amides is 2. The Kier molecular flexibility index (Phi) is 6.86. The molecule has 4 rings (SSSR count). The van der Waals surface area contributed by atoms with Crippen LogP contribution in [0.1, 0.15) is 27.8 Å². The van der Waals surface area contributed by atoms with Crippen LogP contribution in [0.15, 0.2) is 87.9 Å². The fourth-order valence-electron chi connectivity index (χ4n) is 3.48. The molecule has 0 aliphatic rings. The number of nitrogens with one attached hydrogen (secondary N) is 2. The minimum atomic E-state index is -0.460. The predicted molar refractivity (Wildman–Crippen MR) is 138 cm³/mol. The second-order valence-corrected chi connectivity index (χ2v) is 8.33. The third-order valence-corrected chi connectivity index (χ3v) is 5.66. The minimum Gasteiger partial charge on any atom is -0.444 e. The van der Waals surface area contributed by atoms with Crippen LogP contribution in [-0.4, -0.2) is 23.5 Å². The SMILES string of the molecule is CCN(C(=O)c1ccc(NC(=S)NC(=O)c2ccc(Br)o2)cc1)c1cccc2ccccc12. The third-order valence-electron chi connectivity index (χ3n) is 5.03. The minimum absolute atomic E-state index is 0.0975. The average molecular weight is 522 g/mol. The first kappa shape index (κ1) is 22.7. The van der Waals surface area contributed by atoms with Gasteiger partial charge in [0.05, 0.1) is 5.69 Å². The molecule has 4 aromatic rings. The second-order valence-electron chi connectivity index (χ2n) is 7.14. The van der Waals surface area contributed by atoms with E-state index in [4.69, 9.17) is 16.6 Å². The molecule has 0 atom stereocenters. The number of carbonyl (C=O) groups excluding carboxylic acids is 2. The summed E-state index contributed by atoms with van der Waals surface area (Å²) in [6, 6.07) is 24.1. The van der Waals surface area contributed by atoms with Gasteiger partial charge in [0.15, 0.2) is 15.5 Å². The van der Waals surface area contributed by atoms with Gasteiger partial charge in [-0.15, -0.1) is 0 Å². The smallest absolute Gasteiger partial charge is 0.293 e. The molecule has 33 heavy (non-hydrogen) atoms. The van der Waals surface area contributed by atoms with Crippen molar-refractivity contribution < 1.29 is 14.0 Å². The maximum atomic E-state index is 13.3. The second kappa shape index (κ2) is 9.97. The number of fused-ring (bicyclic) bond motifs is 1. The maximum Gasteiger partial charge on any atom is 0.293 e. The van der Waals surface area contributed by atoms with Crippen LogP contribution in [0, 0.1) is 0 Å². The number of anilines is 2. The molecule has 3 aromatic carbocycles. The highest BCUT2D eigenvalue weighted by molar-refractivity contribution is 9.10. The first-order valence-electron chi connectivity index (χ1n) is 10.2. The van der Waals surface area contributed by atoms with E-state index in [0.717, 1.165) is 16.5 Å². The van der Waals surface area contributed by atoms with Crippen molar-refractivity contribution in [1.82, 2.24) is 5.32 Å². The molecule has 0 radical (unpaired) electrons. The highest BCUT2D eigenvalue weighted by Crippen LogP contribution is 2.28. The van der Waals surface area contributed by atoms with Gasteiger partial charge in [-0.25, -0.2) is 0 Å². The number of halogens is 1. The van der Waals surface area contributed by atoms with E-state index in [0.29, 0.717) is 22.5 Å². The quantitative estimate of drug-likeness (QED) is 0.315. The Labute approximate surface area is 204 Å². The summed E-state index contributed by atoms with van der Waals surface area (Å²) in [5, 5.41) is 7.72. The van der Waals surface area contributed by atoms with Crippen molar-refractivity contribution in [2.24, 2.45) is 0 Å². The van der Waals surface area contributed by atoms with E-state index >= 15 is 0 Å². The van der Waals surface area contributed by atoms with Crippen molar-refractivity contribution >= 4 is 67.2 Å². The topological polar surface area (TPSA) is 74.6 Å². The van der Waals surface area contributed by atoms with Gasteiger partial charge in [-0.3, -0.25) is 14.9 Å². The van der Waals surface area contributed by atoms with Gasteiger partial charge in [-0.2, -0.15) is 0 Å². The lowest BCUT2D eigenvalue weighted by Gasteiger charge is -2.23. The normalized spacial score (nSPS) is 10.6. The fourth-order valence-corrected chi connectivity index (χ4v) is 4.00. The zero-order valence-electron chi connectivity index (χ0n) is 17.7. The Morgan fingerprint density at radius 1 is 0.970 bits per heavy atom. The highest BCUT2D eigenvalue weighted by Gasteiger charge is 2.18. The van der Waals surface area contributed by atoms with Gasteiger partial charge in [0.25, 0.3) is 11.8 Å². The van der Waals surface area contributed by atoms with E-state index in [1.54, 1.807) is 35.2 Å². The Bertz CT molecular complexity index is 1330. The molecule has 6 nitrogen and oxygen atoms in total. The van der Waals surface area contributed by atoms with E-state index in [1.165, 1.54) is 6.07 Å². The summed E-state index contributed by atoms with van der Waals surface area (Å²) in [7, 11) is 0. The number of benzene rings is 3. The van der Waals surface area contributed by atoms with Crippen LogP contribution in [0.25, 0.3) is 10.8 Å². The number of furan rings is 1. The standard InChI is InChI=1S/C25H20BrN3O3S/c1-2-29(20-9-5-7-16-6-3-4-8-19(16)20)24(31)17-10-12-18(13-11-17)27-25(33)28-23(30)21-14-15-22(26)32-21/h3-15H,2H2,1H3,(H2,27,28,30,33). The van der Waals surface area contributed by atoms with Crippen LogP contribution in [-0.2, 0) is 0 Å². The molecular formula is C25H20BrN3O3S. The number of nitrogens with zero attached hydrogens (tertiary/aromatic N) is 1. The monoisotopic (exact) mass is 521 g/mol. The van der Waals surface area contributed by atoms with Crippen LogP contribution in [0.5, 0.6) is 0 Å². The van der Waals surface area contributed by atoms with Crippen LogP contribution in [0.4, 0.5) is 11.4 Å². The van der Waals surface area contributed by atoms with Gasteiger partial charge in [-0.05, 0) is 82.9 Å². The largest absolute Gasteiger partial charge is 0.444 e. The van der Waals surface area contributed by atoms with Crippen molar-refractivity contribution in [1.29, 1.82) is 0 Å². The van der Waals surface area contributed by atoms with Gasteiger partial charge in [0, 0.05) is 23.2 Å². The van der Waals surface area contributed by atoms with E-state index in [2.05, 4.69) is 26.6 Å². The number of carbonyl (C=O) groups is 2. The van der Waals surface area contributed by atoms with Crippen molar-refractivity contribution in [3.05, 3.63) is 94.9 Å². The summed E-state index contributed by atoms with van der Waals surface area (Å²) < 4.78 is 5.66. The first-order chi connectivity index (χ1) is 16.0. The zero-order valence-corrected chi connectivity index (χ0v) is 20.1. The number of rotatable bonds is 5. The molecule has 0 bridgehead atoms. The molecule has 0 fully saturated rings. The molecule has 2 N–H and O–H groups in total. The fraction of sp³-hybridized carbons (Fsp3) is 0.0800. The summed E-state index contributed by atoms with van der Waals surface area (Å²) >= 11 is 8.36. The van der Waals surface area contributed by atoms with Crippen LogP contribution in [0.2, 0.25) is 0 Å². The van der Waals surface area contributed by atoms with E-state index in [-0.39, 0.29) is 16.8 Å². The Hall–Kier alpha value is -3.49.